The molecule has 1 aromatic rings. The van der Waals surface area contributed by atoms with E-state index < -0.39 is 0 Å². The van der Waals surface area contributed by atoms with E-state index in [1.165, 1.54) is 5.56 Å². The first-order valence-corrected chi connectivity index (χ1v) is 7.90. The van der Waals surface area contributed by atoms with Gasteiger partial charge in [0.25, 0.3) is 0 Å². The number of amides is 1. The van der Waals surface area contributed by atoms with Crippen LogP contribution in [0.3, 0.4) is 0 Å². The van der Waals surface area contributed by atoms with Gasteiger partial charge in [-0.15, -0.1) is 0 Å². The molecular weight excluding hydrogens is 262 g/mol. The standard InChI is InChI=1S/C17H27N3O/c1-3-19(11-15-7-5-4-6-8-15)12-16-9-10-20(13-16)17(21)14(2)18/h4-8,14,16H,3,9-13,18H2,1-2H3/t14-,16?/m0/s1. The van der Waals surface area contributed by atoms with Crippen LogP contribution in [0.25, 0.3) is 0 Å². The van der Waals surface area contributed by atoms with Gasteiger partial charge in [-0.05, 0) is 31.4 Å². The van der Waals surface area contributed by atoms with E-state index in [1.807, 2.05) is 11.0 Å². The van der Waals surface area contributed by atoms with Crippen molar-refractivity contribution >= 4 is 5.91 Å². The van der Waals surface area contributed by atoms with Crippen LogP contribution in [0.15, 0.2) is 30.3 Å². The van der Waals surface area contributed by atoms with E-state index in [0.29, 0.717) is 5.92 Å². The molecule has 0 saturated carbocycles. The quantitative estimate of drug-likeness (QED) is 0.867. The van der Waals surface area contributed by atoms with Gasteiger partial charge in [0.1, 0.15) is 0 Å². The number of hydrogen-bond acceptors (Lipinski definition) is 3. The smallest absolute Gasteiger partial charge is 0.239 e. The maximum Gasteiger partial charge on any atom is 0.239 e. The van der Waals surface area contributed by atoms with Gasteiger partial charge in [0, 0.05) is 26.2 Å². The van der Waals surface area contributed by atoms with Crippen molar-refractivity contribution in [1.82, 2.24) is 9.80 Å². The Morgan fingerprint density at radius 3 is 2.76 bits per heavy atom. The van der Waals surface area contributed by atoms with Crippen molar-refractivity contribution in [1.29, 1.82) is 0 Å². The average Bonchev–Trinajstić information content (AvgIpc) is 2.95. The first-order valence-electron chi connectivity index (χ1n) is 7.90. The van der Waals surface area contributed by atoms with Gasteiger partial charge in [0.2, 0.25) is 5.91 Å². The average molecular weight is 289 g/mol. The molecule has 1 aliphatic rings. The molecule has 1 unspecified atom stereocenters. The highest BCUT2D eigenvalue weighted by Crippen LogP contribution is 2.19. The summed E-state index contributed by atoms with van der Waals surface area (Å²) in [6.07, 6.45) is 1.09. The third kappa shape index (κ3) is 4.55. The highest BCUT2D eigenvalue weighted by atomic mass is 16.2. The highest BCUT2D eigenvalue weighted by Gasteiger charge is 2.28. The maximum atomic E-state index is 11.9. The minimum absolute atomic E-state index is 0.0867. The van der Waals surface area contributed by atoms with Crippen LogP contribution in [0.4, 0.5) is 0 Å². The molecule has 4 nitrogen and oxygen atoms in total. The van der Waals surface area contributed by atoms with E-state index in [2.05, 4.69) is 36.1 Å². The number of nitrogens with two attached hydrogens (primary N) is 1. The van der Waals surface area contributed by atoms with Crippen LogP contribution < -0.4 is 5.73 Å². The summed E-state index contributed by atoms with van der Waals surface area (Å²) in [6, 6.07) is 10.2. The minimum Gasteiger partial charge on any atom is -0.341 e. The lowest BCUT2D eigenvalue weighted by molar-refractivity contribution is -0.131. The molecule has 116 valence electrons. The van der Waals surface area contributed by atoms with Gasteiger partial charge in [0.15, 0.2) is 0 Å². The van der Waals surface area contributed by atoms with Gasteiger partial charge in [-0.2, -0.15) is 0 Å². The summed E-state index contributed by atoms with van der Waals surface area (Å²) < 4.78 is 0. The summed E-state index contributed by atoms with van der Waals surface area (Å²) in [5.41, 5.74) is 7.04. The van der Waals surface area contributed by atoms with Crippen LogP contribution in [0, 0.1) is 5.92 Å². The lowest BCUT2D eigenvalue weighted by atomic mass is 10.1. The first kappa shape index (κ1) is 16.0. The Hall–Kier alpha value is -1.39. The Labute approximate surface area is 127 Å². The van der Waals surface area contributed by atoms with Crippen LogP contribution in [-0.2, 0) is 11.3 Å². The third-order valence-electron chi connectivity index (χ3n) is 4.20. The number of likely N-dealkylation sites (tertiary alicyclic amines) is 1. The summed E-state index contributed by atoms with van der Waals surface area (Å²) >= 11 is 0. The number of carbonyl (C=O) groups excluding carboxylic acids is 1. The third-order valence-corrected chi connectivity index (χ3v) is 4.20. The molecule has 2 rings (SSSR count). The zero-order chi connectivity index (χ0) is 15.2. The lowest BCUT2D eigenvalue weighted by Crippen LogP contribution is -2.41. The summed E-state index contributed by atoms with van der Waals surface area (Å²) in [5, 5.41) is 0. The van der Waals surface area contributed by atoms with Crippen molar-refractivity contribution in [2.24, 2.45) is 11.7 Å². The van der Waals surface area contributed by atoms with Gasteiger partial charge in [-0.25, -0.2) is 0 Å². The van der Waals surface area contributed by atoms with Gasteiger partial charge in [-0.3, -0.25) is 9.69 Å². The zero-order valence-electron chi connectivity index (χ0n) is 13.2. The van der Waals surface area contributed by atoms with Gasteiger partial charge >= 0.3 is 0 Å². The molecule has 21 heavy (non-hydrogen) atoms. The van der Waals surface area contributed by atoms with Gasteiger partial charge in [-0.1, -0.05) is 37.3 Å². The molecule has 2 N–H and O–H groups in total. The number of nitrogens with zero attached hydrogens (tertiary/aromatic N) is 2. The Kier molecular flexibility index (Phi) is 5.76. The molecule has 1 aliphatic heterocycles. The van der Waals surface area contributed by atoms with E-state index >= 15 is 0 Å². The van der Waals surface area contributed by atoms with Crippen molar-refractivity contribution in [3.05, 3.63) is 35.9 Å². The molecule has 1 aromatic carbocycles. The normalized spacial score (nSPS) is 20.0. The van der Waals surface area contributed by atoms with Crippen molar-refractivity contribution < 1.29 is 4.79 Å². The summed E-state index contributed by atoms with van der Waals surface area (Å²) in [7, 11) is 0. The van der Waals surface area contributed by atoms with Crippen LogP contribution in [-0.4, -0.2) is 47.9 Å². The van der Waals surface area contributed by atoms with Crippen molar-refractivity contribution in [3.8, 4) is 0 Å². The number of hydrogen-bond donors (Lipinski definition) is 1. The van der Waals surface area contributed by atoms with Crippen molar-refractivity contribution in [3.63, 3.8) is 0 Å². The molecule has 0 aromatic heterocycles. The maximum absolute atomic E-state index is 11.9. The zero-order valence-corrected chi connectivity index (χ0v) is 13.2. The fourth-order valence-corrected chi connectivity index (χ4v) is 2.98. The van der Waals surface area contributed by atoms with E-state index in [0.717, 1.165) is 39.1 Å². The van der Waals surface area contributed by atoms with E-state index in [9.17, 15) is 4.79 Å². The van der Waals surface area contributed by atoms with Crippen LogP contribution in [0.2, 0.25) is 0 Å². The number of benzene rings is 1. The molecule has 1 heterocycles. The second-order valence-corrected chi connectivity index (χ2v) is 6.04. The fourth-order valence-electron chi connectivity index (χ4n) is 2.98. The molecule has 0 bridgehead atoms. The largest absolute Gasteiger partial charge is 0.341 e. The molecular formula is C17H27N3O. The van der Waals surface area contributed by atoms with Gasteiger partial charge in [0.05, 0.1) is 6.04 Å². The lowest BCUT2D eigenvalue weighted by Gasteiger charge is -2.24. The second-order valence-electron chi connectivity index (χ2n) is 6.04. The summed E-state index contributed by atoms with van der Waals surface area (Å²) in [5.74, 6) is 0.653. The number of rotatable bonds is 6. The topological polar surface area (TPSA) is 49.6 Å². The van der Waals surface area contributed by atoms with Crippen LogP contribution in [0.1, 0.15) is 25.8 Å². The van der Waals surface area contributed by atoms with Gasteiger partial charge < -0.3 is 10.6 Å². The minimum atomic E-state index is -0.379. The Bertz CT molecular complexity index is 447. The molecule has 1 amide bonds. The van der Waals surface area contributed by atoms with E-state index in [1.54, 1.807) is 6.92 Å². The van der Waals surface area contributed by atoms with Crippen LogP contribution in [0.5, 0.6) is 0 Å². The second kappa shape index (κ2) is 7.57. The molecule has 2 atom stereocenters. The Balaban J connectivity index is 1.84. The Morgan fingerprint density at radius 1 is 1.43 bits per heavy atom. The number of carbonyl (C=O) groups is 1. The molecule has 0 spiro atoms. The molecule has 4 heteroatoms. The van der Waals surface area contributed by atoms with Crippen molar-refractivity contribution in [2.45, 2.75) is 32.9 Å². The predicted molar refractivity (Wildman–Crippen MR) is 85.7 cm³/mol. The molecule has 1 fully saturated rings. The Morgan fingerprint density at radius 2 is 2.14 bits per heavy atom. The summed E-state index contributed by atoms with van der Waals surface area (Å²) in [4.78, 5) is 16.3. The predicted octanol–water partition coefficient (Wildman–Crippen LogP) is 1.70. The van der Waals surface area contributed by atoms with Crippen molar-refractivity contribution in [2.75, 3.05) is 26.2 Å². The fraction of sp³-hybridized carbons (Fsp3) is 0.588. The van der Waals surface area contributed by atoms with E-state index in [-0.39, 0.29) is 11.9 Å². The highest BCUT2D eigenvalue weighted by molar-refractivity contribution is 5.81. The monoisotopic (exact) mass is 289 g/mol. The molecule has 0 aliphatic carbocycles. The summed E-state index contributed by atoms with van der Waals surface area (Å²) in [6.45, 7) is 8.74. The van der Waals surface area contributed by atoms with Crippen LogP contribution >= 0.6 is 0 Å². The SMILES string of the molecule is CCN(Cc1ccccc1)CC1CCN(C(=O)[C@H](C)N)C1. The molecule has 1 saturated heterocycles. The molecule has 0 radical (unpaired) electrons. The first-order chi connectivity index (χ1) is 10.1. The van der Waals surface area contributed by atoms with E-state index in [4.69, 9.17) is 5.73 Å².